The molecule has 0 spiro atoms. The Kier molecular flexibility index (Phi) is 5.20. The first-order valence-corrected chi connectivity index (χ1v) is 4.30. The van der Waals surface area contributed by atoms with Crippen LogP contribution in [0.25, 0.3) is 0 Å². The van der Waals surface area contributed by atoms with E-state index in [-0.39, 0.29) is 23.5 Å². The van der Waals surface area contributed by atoms with Crippen molar-refractivity contribution in [2.75, 3.05) is 7.11 Å². The number of carbonyl (C=O) groups excluding carboxylic acids is 1. The molecule has 0 aliphatic heterocycles. The second-order valence-corrected chi connectivity index (χ2v) is 3.14. The maximum Gasteiger partial charge on any atom is 0.327 e. The molecule has 90 valence electrons. The molecule has 0 radical (unpaired) electrons. The molecule has 4 nitrogen and oxygen atoms in total. The van der Waals surface area contributed by atoms with Crippen molar-refractivity contribution >= 4 is 18.4 Å². The van der Waals surface area contributed by atoms with Gasteiger partial charge in [0, 0.05) is 5.56 Å². The molecule has 1 aromatic rings. The Balaban J connectivity index is 0.00000225. The Hall–Kier alpha value is -1.33. The summed E-state index contributed by atoms with van der Waals surface area (Å²) in [5.74, 6) is -2.10. The van der Waals surface area contributed by atoms with Crippen LogP contribution in [-0.2, 0) is 9.53 Å². The van der Waals surface area contributed by atoms with Crippen LogP contribution in [-0.4, -0.2) is 18.2 Å². The van der Waals surface area contributed by atoms with Crippen molar-refractivity contribution < 1.29 is 19.0 Å². The van der Waals surface area contributed by atoms with Crippen LogP contribution >= 0.6 is 12.4 Å². The minimum Gasteiger partial charge on any atom is -0.505 e. The van der Waals surface area contributed by atoms with Crippen molar-refractivity contribution in [2.24, 2.45) is 5.73 Å². The number of esters is 1. The number of phenolic OH excluding ortho intramolecular Hbond substituents is 1. The van der Waals surface area contributed by atoms with Crippen LogP contribution < -0.4 is 5.73 Å². The second kappa shape index (κ2) is 5.67. The fourth-order valence-electron chi connectivity index (χ4n) is 1.19. The number of aryl methyl sites for hydroxylation is 1. The van der Waals surface area contributed by atoms with Crippen LogP contribution in [0, 0.1) is 12.7 Å². The van der Waals surface area contributed by atoms with Crippen LogP contribution in [0.1, 0.15) is 17.2 Å². The number of aromatic hydroxyl groups is 1. The summed E-state index contributed by atoms with van der Waals surface area (Å²) in [5, 5.41) is 9.43. The fourth-order valence-corrected chi connectivity index (χ4v) is 1.19. The zero-order chi connectivity index (χ0) is 11.6. The number of hydrogen-bond donors (Lipinski definition) is 2. The van der Waals surface area contributed by atoms with Gasteiger partial charge >= 0.3 is 5.97 Å². The first-order valence-electron chi connectivity index (χ1n) is 4.30. The van der Waals surface area contributed by atoms with Gasteiger partial charge < -0.3 is 15.6 Å². The van der Waals surface area contributed by atoms with Gasteiger partial charge in [-0.3, -0.25) is 4.79 Å². The van der Waals surface area contributed by atoms with Crippen molar-refractivity contribution in [3.63, 3.8) is 0 Å². The minimum absolute atomic E-state index is 0. The fraction of sp³-hybridized carbons (Fsp3) is 0.300. The molecule has 0 unspecified atom stereocenters. The Morgan fingerprint density at radius 2 is 2.12 bits per heavy atom. The number of nitrogens with two attached hydrogens (primary N) is 1. The van der Waals surface area contributed by atoms with Crippen molar-refractivity contribution in [2.45, 2.75) is 13.0 Å². The third-order valence-corrected chi connectivity index (χ3v) is 2.13. The Morgan fingerprint density at radius 3 is 2.62 bits per heavy atom. The molecule has 3 N–H and O–H groups in total. The van der Waals surface area contributed by atoms with Gasteiger partial charge in [0.15, 0.2) is 11.6 Å². The average molecular weight is 250 g/mol. The van der Waals surface area contributed by atoms with Gasteiger partial charge in [0.2, 0.25) is 0 Å². The van der Waals surface area contributed by atoms with Gasteiger partial charge in [-0.1, -0.05) is 12.1 Å². The van der Waals surface area contributed by atoms with Crippen molar-refractivity contribution in [1.82, 2.24) is 0 Å². The van der Waals surface area contributed by atoms with E-state index in [0.29, 0.717) is 0 Å². The van der Waals surface area contributed by atoms with E-state index >= 15 is 0 Å². The van der Waals surface area contributed by atoms with Gasteiger partial charge in [-0.05, 0) is 12.5 Å². The Labute approximate surface area is 98.6 Å². The van der Waals surface area contributed by atoms with Gasteiger partial charge in [0.25, 0.3) is 0 Å². The number of rotatable bonds is 2. The van der Waals surface area contributed by atoms with Crippen LogP contribution in [0.3, 0.4) is 0 Å². The summed E-state index contributed by atoms with van der Waals surface area (Å²) in [5.41, 5.74) is 5.77. The monoisotopic (exact) mass is 249 g/mol. The lowest BCUT2D eigenvalue weighted by molar-refractivity contribution is -0.142. The Morgan fingerprint density at radius 1 is 1.56 bits per heavy atom. The zero-order valence-electron chi connectivity index (χ0n) is 8.86. The molecular weight excluding hydrogens is 237 g/mol. The van der Waals surface area contributed by atoms with Gasteiger partial charge in [-0.25, -0.2) is 4.39 Å². The van der Waals surface area contributed by atoms with Crippen molar-refractivity contribution in [3.8, 4) is 5.75 Å². The first-order chi connectivity index (χ1) is 6.99. The highest BCUT2D eigenvalue weighted by Gasteiger charge is 2.22. The summed E-state index contributed by atoms with van der Waals surface area (Å²) in [4.78, 5) is 11.1. The molecule has 1 rings (SSSR count). The number of methoxy groups -OCH3 is 1. The maximum atomic E-state index is 13.3. The lowest BCUT2D eigenvalue weighted by Gasteiger charge is -2.12. The standard InChI is InChI=1S/C10H12FNO3.ClH/c1-5-3-4-6(9(13)7(5)11)8(12)10(14)15-2;/h3-4,8,13H,12H2,1-2H3;1H/t8-;/m1./s1. The summed E-state index contributed by atoms with van der Waals surface area (Å²) < 4.78 is 17.7. The topological polar surface area (TPSA) is 72.5 Å². The minimum atomic E-state index is -1.18. The van der Waals surface area contributed by atoms with E-state index in [0.717, 1.165) is 0 Å². The molecule has 0 heterocycles. The number of phenols is 1. The Bertz CT molecular complexity index is 398. The molecule has 0 aliphatic carbocycles. The summed E-state index contributed by atoms with van der Waals surface area (Å²) in [6.45, 7) is 1.50. The molecule has 0 amide bonds. The number of halogens is 2. The number of hydrogen-bond acceptors (Lipinski definition) is 4. The van der Waals surface area contributed by atoms with Crippen LogP contribution in [0.5, 0.6) is 5.75 Å². The summed E-state index contributed by atoms with van der Waals surface area (Å²) >= 11 is 0. The highest BCUT2D eigenvalue weighted by molar-refractivity contribution is 5.85. The summed E-state index contributed by atoms with van der Waals surface area (Å²) in [6, 6.07) is 1.66. The van der Waals surface area contributed by atoms with Gasteiger partial charge in [-0.2, -0.15) is 0 Å². The van der Waals surface area contributed by atoms with Gasteiger partial charge in [-0.15, -0.1) is 12.4 Å². The van der Waals surface area contributed by atoms with E-state index < -0.39 is 23.6 Å². The molecule has 0 aliphatic rings. The number of benzene rings is 1. The highest BCUT2D eigenvalue weighted by Crippen LogP contribution is 2.28. The largest absolute Gasteiger partial charge is 0.505 e. The van der Waals surface area contributed by atoms with E-state index in [1.54, 1.807) is 0 Å². The van der Waals surface area contributed by atoms with E-state index in [1.807, 2.05) is 0 Å². The van der Waals surface area contributed by atoms with Crippen LogP contribution in [0.2, 0.25) is 0 Å². The number of carbonyl (C=O) groups is 1. The van der Waals surface area contributed by atoms with E-state index in [1.165, 1.54) is 26.2 Å². The van der Waals surface area contributed by atoms with E-state index in [2.05, 4.69) is 4.74 Å². The lowest BCUT2D eigenvalue weighted by atomic mass is 10.0. The summed E-state index contributed by atoms with van der Waals surface area (Å²) in [6.07, 6.45) is 0. The molecular formula is C10H13ClFNO3. The smallest absolute Gasteiger partial charge is 0.327 e. The predicted octanol–water partition coefficient (Wildman–Crippen LogP) is 1.43. The van der Waals surface area contributed by atoms with E-state index in [9.17, 15) is 14.3 Å². The normalized spacial score (nSPS) is 11.5. The van der Waals surface area contributed by atoms with Crippen LogP contribution in [0.4, 0.5) is 4.39 Å². The molecule has 0 fully saturated rings. The second-order valence-electron chi connectivity index (χ2n) is 3.14. The molecule has 0 saturated heterocycles. The quantitative estimate of drug-likeness (QED) is 0.778. The molecule has 0 saturated carbocycles. The third kappa shape index (κ3) is 2.62. The van der Waals surface area contributed by atoms with Gasteiger partial charge in [0.05, 0.1) is 7.11 Å². The molecule has 1 aromatic carbocycles. The lowest BCUT2D eigenvalue weighted by Crippen LogP contribution is -2.22. The molecule has 16 heavy (non-hydrogen) atoms. The SMILES string of the molecule is COC(=O)[C@H](N)c1ccc(C)c(F)c1O.Cl. The van der Waals surface area contributed by atoms with Crippen LogP contribution in [0.15, 0.2) is 12.1 Å². The van der Waals surface area contributed by atoms with E-state index in [4.69, 9.17) is 5.73 Å². The predicted molar refractivity (Wildman–Crippen MR) is 59.0 cm³/mol. The summed E-state index contributed by atoms with van der Waals surface area (Å²) in [7, 11) is 1.17. The molecule has 1 atom stereocenters. The zero-order valence-corrected chi connectivity index (χ0v) is 9.68. The number of ether oxygens (including phenoxy) is 1. The highest BCUT2D eigenvalue weighted by atomic mass is 35.5. The maximum absolute atomic E-state index is 13.3. The molecule has 6 heteroatoms. The van der Waals surface area contributed by atoms with Crippen molar-refractivity contribution in [1.29, 1.82) is 0 Å². The van der Waals surface area contributed by atoms with Crippen molar-refractivity contribution in [3.05, 3.63) is 29.1 Å². The molecule has 0 aromatic heterocycles. The average Bonchev–Trinajstić information content (AvgIpc) is 2.24. The first kappa shape index (κ1) is 14.7. The molecule has 0 bridgehead atoms. The third-order valence-electron chi connectivity index (χ3n) is 2.13. The van der Waals surface area contributed by atoms with Gasteiger partial charge in [0.1, 0.15) is 6.04 Å².